The Morgan fingerprint density at radius 3 is 2.68 bits per heavy atom. The van der Waals surface area contributed by atoms with Crippen molar-refractivity contribution in [3.63, 3.8) is 0 Å². The Labute approximate surface area is 157 Å². The van der Waals surface area contributed by atoms with Crippen LogP contribution in [0.15, 0.2) is 57.7 Å². The van der Waals surface area contributed by atoms with Gasteiger partial charge < -0.3 is 14.5 Å². The van der Waals surface area contributed by atoms with Crippen LogP contribution >= 0.6 is 0 Å². The Morgan fingerprint density at radius 1 is 1.18 bits per heavy atom. The fraction of sp³-hybridized carbons (Fsp3) is 0.105. The number of esters is 1. The van der Waals surface area contributed by atoms with Crippen molar-refractivity contribution in [1.82, 2.24) is 0 Å². The highest BCUT2D eigenvalue weighted by molar-refractivity contribution is 5.97. The summed E-state index contributed by atoms with van der Waals surface area (Å²) in [5.41, 5.74) is -0.257. The van der Waals surface area contributed by atoms with E-state index in [1.807, 2.05) is 0 Å². The first-order chi connectivity index (χ1) is 13.3. The van der Waals surface area contributed by atoms with Crippen LogP contribution in [0.4, 0.5) is 11.4 Å². The van der Waals surface area contributed by atoms with Crippen molar-refractivity contribution >= 4 is 34.2 Å². The highest BCUT2D eigenvalue weighted by Gasteiger charge is 2.17. The van der Waals surface area contributed by atoms with Crippen LogP contribution in [-0.4, -0.2) is 23.4 Å². The van der Waals surface area contributed by atoms with Crippen molar-refractivity contribution in [2.75, 3.05) is 11.9 Å². The molecule has 0 saturated carbocycles. The van der Waals surface area contributed by atoms with Crippen LogP contribution in [-0.2, 0) is 9.53 Å². The Bertz CT molecular complexity index is 1150. The van der Waals surface area contributed by atoms with E-state index in [1.54, 1.807) is 31.2 Å². The van der Waals surface area contributed by atoms with Gasteiger partial charge in [-0.05, 0) is 24.6 Å². The third kappa shape index (κ3) is 4.04. The summed E-state index contributed by atoms with van der Waals surface area (Å²) in [6.07, 6.45) is 0. The lowest BCUT2D eigenvalue weighted by molar-refractivity contribution is -0.384. The monoisotopic (exact) mass is 382 g/mol. The second-order valence-electron chi connectivity index (χ2n) is 5.87. The first-order valence-electron chi connectivity index (χ1n) is 8.10. The van der Waals surface area contributed by atoms with Crippen molar-refractivity contribution < 1.29 is 23.7 Å². The molecular formula is C19H14N2O7. The fourth-order valence-corrected chi connectivity index (χ4v) is 2.46. The van der Waals surface area contributed by atoms with Crippen molar-refractivity contribution in [3.05, 3.63) is 80.2 Å². The van der Waals surface area contributed by atoms with Gasteiger partial charge in [0.15, 0.2) is 6.61 Å². The zero-order valence-corrected chi connectivity index (χ0v) is 14.6. The third-order valence-corrected chi connectivity index (χ3v) is 3.90. The first kappa shape index (κ1) is 18.8. The average Bonchev–Trinajstić information content (AvgIpc) is 2.67. The van der Waals surface area contributed by atoms with Crippen molar-refractivity contribution in [2.24, 2.45) is 0 Å². The van der Waals surface area contributed by atoms with Gasteiger partial charge in [0.1, 0.15) is 11.1 Å². The molecule has 1 aromatic heterocycles. The quantitative estimate of drug-likeness (QED) is 0.311. The summed E-state index contributed by atoms with van der Waals surface area (Å²) in [5.74, 6) is -1.72. The summed E-state index contributed by atoms with van der Waals surface area (Å²) in [5, 5.41) is 13.8. The lowest BCUT2D eigenvalue weighted by Crippen LogP contribution is -2.24. The van der Waals surface area contributed by atoms with Gasteiger partial charge in [0.05, 0.1) is 10.6 Å². The lowest BCUT2D eigenvalue weighted by Gasteiger charge is -2.09. The number of carbonyl (C=O) groups is 2. The molecule has 0 fully saturated rings. The fourth-order valence-electron chi connectivity index (χ4n) is 2.46. The van der Waals surface area contributed by atoms with E-state index in [0.717, 1.165) is 0 Å². The maximum Gasteiger partial charge on any atom is 0.351 e. The van der Waals surface area contributed by atoms with Crippen molar-refractivity contribution in [3.8, 4) is 0 Å². The maximum atomic E-state index is 12.1. The Balaban J connectivity index is 1.69. The minimum Gasteiger partial charge on any atom is -0.452 e. The lowest BCUT2D eigenvalue weighted by atomic mass is 10.2. The van der Waals surface area contributed by atoms with E-state index in [9.17, 15) is 24.5 Å². The van der Waals surface area contributed by atoms with Crippen LogP contribution in [0.3, 0.4) is 0 Å². The minimum absolute atomic E-state index is 0.188. The van der Waals surface area contributed by atoms with Gasteiger partial charge >= 0.3 is 11.6 Å². The molecule has 2 aromatic carbocycles. The number of rotatable bonds is 5. The summed E-state index contributed by atoms with van der Waals surface area (Å²) >= 11 is 0. The van der Waals surface area contributed by atoms with E-state index in [2.05, 4.69) is 5.32 Å². The largest absolute Gasteiger partial charge is 0.452 e. The molecule has 0 unspecified atom stereocenters. The maximum absolute atomic E-state index is 12.1. The summed E-state index contributed by atoms with van der Waals surface area (Å²) in [6.45, 7) is 0.985. The molecular weight excluding hydrogens is 368 g/mol. The molecule has 0 spiro atoms. The molecule has 0 saturated heterocycles. The van der Waals surface area contributed by atoms with Gasteiger partial charge in [-0.2, -0.15) is 0 Å². The number of benzene rings is 2. The number of nitro benzene ring substituents is 1. The van der Waals surface area contributed by atoms with Crippen LogP contribution in [0.1, 0.15) is 15.9 Å². The molecule has 28 heavy (non-hydrogen) atoms. The number of aryl methyl sites for hydroxylation is 1. The minimum atomic E-state index is -1.01. The molecule has 0 radical (unpaired) electrons. The summed E-state index contributed by atoms with van der Waals surface area (Å²) < 4.78 is 9.91. The third-order valence-electron chi connectivity index (χ3n) is 3.90. The van der Waals surface area contributed by atoms with E-state index < -0.39 is 29.0 Å². The zero-order valence-electron chi connectivity index (χ0n) is 14.6. The predicted octanol–water partition coefficient (Wildman–Crippen LogP) is 2.81. The second-order valence-corrected chi connectivity index (χ2v) is 5.87. The van der Waals surface area contributed by atoms with E-state index >= 15 is 0 Å². The van der Waals surface area contributed by atoms with Crippen LogP contribution in [0, 0.1) is 17.0 Å². The number of nitrogens with one attached hydrogen (secondary N) is 1. The second kappa shape index (κ2) is 7.70. The molecule has 0 aliphatic rings. The van der Waals surface area contributed by atoms with Gasteiger partial charge in [-0.15, -0.1) is 0 Å². The normalized spacial score (nSPS) is 10.5. The molecule has 0 bridgehead atoms. The van der Waals surface area contributed by atoms with Gasteiger partial charge in [0.2, 0.25) is 0 Å². The Hall–Kier alpha value is -4.01. The van der Waals surface area contributed by atoms with Gasteiger partial charge in [0, 0.05) is 17.5 Å². The topological polar surface area (TPSA) is 129 Å². The Kier molecular flexibility index (Phi) is 5.16. The number of anilines is 1. The number of ether oxygens (including phenoxy) is 1. The summed E-state index contributed by atoms with van der Waals surface area (Å²) in [4.78, 5) is 46.3. The molecule has 1 N–H and O–H groups in total. The molecule has 3 aromatic rings. The Morgan fingerprint density at radius 2 is 1.93 bits per heavy atom. The molecule has 1 amide bonds. The smallest absolute Gasteiger partial charge is 0.351 e. The SMILES string of the molecule is Cc1ccc([N+](=O)[O-])cc1NC(=O)COC(=O)c1cc2ccccc2oc1=O. The van der Waals surface area contributed by atoms with Gasteiger partial charge in [-0.1, -0.05) is 24.3 Å². The van der Waals surface area contributed by atoms with E-state index in [-0.39, 0.29) is 16.9 Å². The van der Waals surface area contributed by atoms with Crippen LogP contribution in [0.25, 0.3) is 11.0 Å². The number of fused-ring (bicyclic) bond motifs is 1. The molecule has 3 rings (SSSR count). The van der Waals surface area contributed by atoms with E-state index in [1.165, 1.54) is 24.3 Å². The molecule has 0 atom stereocenters. The van der Waals surface area contributed by atoms with Crippen molar-refractivity contribution in [2.45, 2.75) is 6.92 Å². The summed E-state index contributed by atoms with van der Waals surface area (Å²) in [7, 11) is 0. The highest BCUT2D eigenvalue weighted by atomic mass is 16.6. The number of para-hydroxylation sites is 1. The van der Waals surface area contributed by atoms with Crippen molar-refractivity contribution in [1.29, 1.82) is 0 Å². The number of non-ortho nitro benzene ring substituents is 1. The predicted molar refractivity (Wildman–Crippen MR) is 99.2 cm³/mol. The van der Waals surface area contributed by atoms with Gasteiger partial charge in [-0.25, -0.2) is 9.59 Å². The van der Waals surface area contributed by atoms with Crippen LogP contribution in [0.2, 0.25) is 0 Å². The number of carbonyl (C=O) groups excluding carboxylic acids is 2. The van der Waals surface area contributed by atoms with E-state index in [4.69, 9.17) is 9.15 Å². The highest BCUT2D eigenvalue weighted by Crippen LogP contribution is 2.21. The standard InChI is InChI=1S/C19H14N2O7/c1-11-6-7-13(21(25)26)9-15(11)20-17(22)10-27-18(23)14-8-12-4-2-3-5-16(12)28-19(14)24/h2-9H,10H2,1H3,(H,20,22). The molecule has 0 aliphatic heterocycles. The number of nitrogens with zero attached hydrogens (tertiary/aromatic N) is 1. The molecule has 9 heteroatoms. The van der Waals surface area contributed by atoms with Crippen LogP contribution < -0.4 is 10.9 Å². The van der Waals surface area contributed by atoms with Gasteiger partial charge in [0.25, 0.3) is 11.6 Å². The number of hydrogen-bond donors (Lipinski definition) is 1. The summed E-state index contributed by atoms with van der Waals surface area (Å²) in [6, 6.07) is 12.0. The van der Waals surface area contributed by atoms with Crippen LogP contribution in [0.5, 0.6) is 0 Å². The van der Waals surface area contributed by atoms with Gasteiger partial charge in [-0.3, -0.25) is 14.9 Å². The molecule has 142 valence electrons. The first-order valence-corrected chi connectivity index (χ1v) is 8.10. The zero-order chi connectivity index (χ0) is 20.3. The number of hydrogen-bond acceptors (Lipinski definition) is 7. The average molecular weight is 382 g/mol. The number of nitro groups is 1. The molecule has 9 nitrogen and oxygen atoms in total. The van der Waals surface area contributed by atoms with E-state index in [0.29, 0.717) is 16.5 Å². The molecule has 1 heterocycles. The number of amides is 1. The molecule has 0 aliphatic carbocycles.